The molecule has 3 rings (SSSR count). The lowest BCUT2D eigenvalue weighted by Gasteiger charge is -2.13. The summed E-state index contributed by atoms with van der Waals surface area (Å²) in [6.07, 6.45) is 0.113. The van der Waals surface area contributed by atoms with E-state index in [1.165, 1.54) is 0 Å². The van der Waals surface area contributed by atoms with Gasteiger partial charge in [0, 0.05) is 15.5 Å². The summed E-state index contributed by atoms with van der Waals surface area (Å²) in [7, 11) is 0. The van der Waals surface area contributed by atoms with Gasteiger partial charge in [-0.25, -0.2) is 4.79 Å². The third kappa shape index (κ3) is 3.76. The number of hydrogen-bond acceptors (Lipinski definition) is 3. The van der Waals surface area contributed by atoms with Crippen LogP contribution in [-0.4, -0.2) is 23.2 Å². The molecule has 6 heteroatoms. The van der Waals surface area contributed by atoms with Crippen LogP contribution in [0.1, 0.15) is 31.3 Å². The molecular weight excluding hydrogens is 509 g/mol. The molecule has 0 radical (unpaired) electrons. The van der Waals surface area contributed by atoms with E-state index in [1.54, 1.807) is 0 Å². The number of ether oxygens (including phenoxy) is 2. The summed E-state index contributed by atoms with van der Waals surface area (Å²) < 4.78 is 14.8. The maximum atomic E-state index is 12.6. The van der Waals surface area contributed by atoms with Gasteiger partial charge < -0.3 is 14.0 Å². The number of fused-ring (bicyclic) bond motifs is 1. The Balaban J connectivity index is 2.20. The Morgan fingerprint density at radius 1 is 1.19 bits per heavy atom. The molecule has 0 fully saturated rings. The van der Waals surface area contributed by atoms with Gasteiger partial charge in [0.05, 0.1) is 21.8 Å². The van der Waals surface area contributed by atoms with E-state index in [0.717, 1.165) is 30.4 Å². The van der Waals surface area contributed by atoms with Crippen LogP contribution in [0.25, 0.3) is 16.6 Å². The minimum absolute atomic E-state index is 0.113. The highest BCUT2D eigenvalue weighted by atomic mass is 127. The van der Waals surface area contributed by atoms with Gasteiger partial charge >= 0.3 is 5.97 Å². The third-order valence-corrected chi connectivity index (χ3v) is 5.39. The van der Waals surface area contributed by atoms with Gasteiger partial charge in [-0.15, -0.1) is 0 Å². The molecule has 26 heavy (non-hydrogen) atoms. The fraction of sp³-hybridized carbons (Fsp3) is 0.250. The van der Waals surface area contributed by atoms with Crippen molar-refractivity contribution in [1.82, 2.24) is 4.57 Å². The van der Waals surface area contributed by atoms with E-state index in [-0.39, 0.29) is 12.1 Å². The van der Waals surface area contributed by atoms with E-state index in [2.05, 4.69) is 38.5 Å². The molecule has 0 saturated carbocycles. The summed E-state index contributed by atoms with van der Waals surface area (Å²) in [5, 5.41) is 1.01. The van der Waals surface area contributed by atoms with Gasteiger partial charge in [0.25, 0.3) is 0 Å². The first-order valence-electron chi connectivity index (χ1n) is 8.36. The molecule has 0 amide bonds. The first-order valence-corrected chi connectivity index (χ1v) is 10.2. The smallest absolute Gasteiger partial charge is 0.356 e. The summed E-state index contributed by atoms with van der Waals surface area (Å²) >= 11 is 5.72. The van der Waals surface area contributed by atoms with Crippen LogP contribution in [0.4, 0.5) is 0 Å². The summed E-state index contributed by atoms with van der Waals surface area (Å²) in [4.78, 5) is 12.6. The Morgan fingerprint density at radius 2 is 1.88 bits per heavy atom. The number of esters is 1. The van der Waals surface area contributed by atoms with Gasteiger partial charge in [-0.1, -0.05) is 15.9 Å². The second-order valence-electron chi connectivity index (χ2n) is 6.04. The van der Waals surface area contributed by atoms with E-state index in [1.807, 2.05) is 67.8 Å². The van der Waals surface area contributed by atoms with Crippen LogP contribution in [0.3, 0.4) is 0 Å². The Labute approximate surface area is 174 Å². The molecule has 0 N–H and O–H groups in total. The Morgan fingerprint density at radius 3 is 2.50 bits per heavy atom. The molecule has 1 heterocycles. The largest absolute Gasteiger partial charge is 0.491 e. The zero-order chi connectivity index (χ0) is 18.8. The van der Waals surface area contributed by atoms with Crippen LogP contribution >= 0.6 is 38.5 Å². The van der Waals surface area contributed by atoms with Crippen LogP contribution in [0.15, 0.2) is 46.9 Å². The van der Waals surface area contributed by atoms with Crippen molar-refractivity contribution in [2.45, 2.75) is 26.9 Å². The molecule has 0 atom stereocenters. The summed E-state index contributed by atoms with van der Waals surface area (Å²) in [5.74, 6) is 0.474. The summed E-state index contributed by atoms with van der Waals surface area (Å²) in [6.45, 7) is 6.13. The number of carbonyl (C=O) groups excluding carboxylic acids is 1. The van der Waals surface area contributed by atoms with E-state index < -0.39 is 0 Å². The molecule has 0 aliphatic carbocycles. The number of aromatic nitrogens is 1. The fourth-order valence-electron chi connectivity index (χ4n) is 2.82. The zero-order valence-electron chi connectivity index (χ0n) is 14.8. The summed E-state index contributed by atoms with van der Waals surface area (Å²) in [6, 6.07) is 13.7. The fourth-order valence-corrected chi connectivity index (χ4v) is 4.07. The number of rotatable bonds is 5. The maximum absolute atomic E-state index is 12.6. The average molecular weight is 528 g/mol. The number of nitrogens with zero attached hydrogens (tertiary/aromatic N) is 1. The SMILES string of the molecule is CCOC(=O)c1c(I)c2cc(Br)ccc2n1-c1ccc(OC(C)C)cc1. The molecule has 0 spiro atoms. The molecule has 0 unspecified atom stereocenters. The molecule has 1 aromatic heterocycles. The van der Waals surface area contributed by atoms with Crippen molar-refractivity contribution in [3.8, 4) is 11.4 Å². The van der Waals surface area contributed by atoms with E-state index in [9.17, 15) is 4.79 Å². The van der Waals surface area contributed by atoms with Crippen LogP contribution < -0.4 is 4.74 Å². The highest BCUT2D eigenvalue weighted by Crippen LogP contribution is 2.33. The van der Waals surface area contributed by atoms with Gasteiger partial charge in [0.2, 0.25) is 0 Å². The highest BCUT2D eigenvalue weighted by Gasteiger charge is 2.23. The van der Waals surface area contributed by atoms with Crippen molar-refractivity contribution in [2.24, 2.45) is 0 Å². The second kappa shape index (κ2) is 8.00. The van der Waals surface area contributed by atoms with Crippen molar-refractivity contribution in [3.05, 3.63) is 56.2 Å². The van der Waals surface area contributed by atoms with Gasteiger partial charge in [-0.2, -0.15) is 0 Å². The minimum atomic E-state index is -0.327. The predicted molar refractivity (Wildman–Crippen MR) is 115 cm³/mol. The molecule has 3 aromatic rings. The average Bonchev–Trinajstić information content (AvgIpc) is 2.88. The first-order chi connectivity index (χ1) is 12.4. The van der Waals surface area contributed by atoms with Crippen molar-refractivity contribution >= 4 is 55.4 Å². The lowest BCUT2D eigenvalue weighted by molar-refractivity contribution is 0.0516. The van der Waals surface area contributed by atoms with E-state index in [0.29, 0.717) is 12.3 Å². The second-order valence-corrected chi connectivity index (χ2v) is 8.03. The number of hydrogen-bond donors (Lipinski definition) is 0. The van der Waals surface area contributed by atoms with E-state index in [4.69, 9.17) is 9.47 Å². The lowest BCUT2D eigenvalue weighted by Crippen LogP contribution is -2.12. The Hall–Kier alpha value is -1.54. The maximum Gasteiger partial charge on any atom is 0.356 e. The first kappa shape index (κ1) is 19.2. The molecule has 0 bridgehead atoms. The number of carbonyl (C=O) groups is 1. The normalized spacial score (nSPS) is 11.2. The van der Waals surface area contributed by atoms with Gasteiger partial charge in [-0.3, -0.25) is 0 Å². The third-order valence-electron chi connectivity index (χ3n) is 3.80. The highest BCUT2D eigenvalue weighted by molar-refractivity contribution is 14.1. The standard InChI is InChI=1S/C20H19BrINO3/c1-4-25-20(24)19-18(22)16-11-13(21)5-10-17(16)23(19)14-6-8-15(9-7-14)26-12(2)3/h5-12H,4H2,1-3H3. The van der Waals surface area contributed by atoms with Crippen LogP contribution in [0, 0.1) is 3.57 Å². The van der Waals surface area contributed by atoms with Gasteiger partial charge in [0.15, 0.2) is 0 Å². The van der Waals surface area contributed by atoms with Crippen molar-refractivity contribution in [3.63, 3.8) is 0 Å². The van der Waals surface area contributed by atoms with E-state index >= 15 is 0 Å². The lowest BCUT2D eigenvalue weighted by atomic mass is 10.2. The molecule has 136 valence electrons. The van der Waals surface area contributed by atoms with Gasteiger partial charge in [-0.05, 0) is 85.8 Å². The number of benzene rings is 2. The molecule has 0 aliphatic heterocycles. The zero-order valence-corrected chi connectivity index (χ0v) is 18.5. The van der Waals surface area contributed by atoms with Crippen LogP contribution in [0.5, 0.6) is 5.75 Å². The molecule has 2 aromatic carbocycles. The Bertz CT molecular complexity index is 948. The monoisotopic (exact) mass is 527 g/mol. The topological polar surface area (TPSA) is 40.5 Å². The predicted octanol–water partition coefficient (Wildman–Crippen LogP) is 5.96. The van der Waals surface area contributed by atoms with Crippen LogP contribution in [-0.2, 0) is 4.74 Å². The molecule has 4 nitrogen and oxygen atoms in total. The van der Waals surface area contributed by atoms with Crippen molar-refractivity contribution in [1.29, 1.82) is 0 Å². The molecule has 0 aliphatic rings. The summed E-state index contributed by atoms with van der Waals surface area (Å²) in [5.41, 5.74) is 2.38. The van der Waals surface area contributed by atoms with Crippen molar-refractivity contribution in [2.75, 3.05) is 6.61 Å². The molecular formula is C20H19BrINO3. The Kier molecular flexibility index (Phi) is 5.92. The van der Waals surface area contributed by atoms with Crippen LogP contribution in [0.2, 0.25) is 0 Å². The van der Waals surface area contributed by atoms with Crippen molar-refractivity contribution < 1.29 is 14.3 Å². The minimum Gasteiger partial charge on any atom is -0.491 e. The number of halogens is 2. The van der Waals surface area contributed by atoms with Gasteiger partial charge in [0.1, 0.15) is 11.4 Å². The quantitative estimate of drug-likeness (QED) is 0.303. The molecule has 0 saturated heterocycles.